The molecule has 118 valence electrons. The van der Waals surface area contributed by atoms with Crippen molar-refractivity contribution in [3.05, 3.63) is 29.8 Å². The third-order valence-electron chi connectivity index (χ3n) is 2.65. The zero-order valence-electron chi connectivity index (χ0n) is 11.6. The molecule has 0 radical (unpaired) electrons. The number of halogens is 4. The minimum atomic E-state index is -4.39. The second-order valence-electron chi connectivity index (χ2n) is 4.53. The second-order valence-corrected chi connectivity index (χ2v) is 5.33. The minimum absolute atomic E-state index is 0.0167. The number of hydrogen-bond acceptors (Lipinski definition) is 2. The summed E-state index contributed by atoms with van der Waals surface area (Å²) in [7, 11) is 0. The van der Waals surface area contributed by atoms with E-state index in [2.05, 4.69) is 15.9 Å². The fraction of sp³-hybridized carbons (Fsp3) is 0.500. The van der Waals surface area contributed by atoms with Crippen LogP contribution in [0.5, 0.6) is 5.75 Å². The molecule has 0 N–H and O–H groups in total. The van der Waals surface area contributed by atoms with Crippen LogP contribution in [0.2, 0.25) is 0 Å². The van der Waals surface area contributed by atoms with Crippen LogP contribution in [0.3, 0.4) is 0 Å². The van der Waals surface area contributed by atoms with Crippen LogP contribution >= 0.6 is 15.9 Å². The molecule has 0 aliphatic carbocycles. The van der Waals surface area contributed by atoms with Gasteiger partial charge in [0.15, 0.2) is 0 Å². The van der Waals surface area contributed by atoms with Gasteiger partial charge in [0.25, 0.3) is 0 Å². The molecule has 0 bridgehead atoms. The normalized spacial score (nSPS) is 11.3. The summed E-state index contributed by atoms with van der Waals surface area (Å²) in [5, 5.41) is 0.299. The van der Waals surface area contributed by atoms with Crippen LogP contribution < -0.4 is 4.74 Å². The maximum Gasteiger partial charge on any atom is 0.406 e. The Kier molecular flexibility index (Phi) is 7.01. The number of benzene rings is 1. The largest absolute Gasteiger partial charge is 0.493 e. The van der Waals surface area contributed by atoms with Crippen LogP contribution in [0.25, 0.3) is 0 Å². The van der Waals surface area contributed by atoms with E-state index < -0.39 is 18.6 Å². The van der Waals surface area contributed by atoms with Crippen LogP contribution in [0.1, 0.15) is 12.0 Å². The molecule has 0 aromatic heterocycles. The molecule has 1 amide bonds. The number of alkyl halides is 4. The van der Waals surface area contributed by atoms with Gasteiger partial charge in [0.05, 0.1) is 13.0 Å². The zero-order chi connectivity index (χ0) is 15.9. The quantitative estimate of drug-likeness (QED) is 0.689. The maximum atomic E-state index is 12.4. The molecule has 0 heterocycles. The average Bonchev–Trinajstić information content (AvgIpc) is 2.36. The Labute approximate surface area is 130 Å². The van der Waals surface area contributed by atoms with E-state index in [1.807, 2.05) is 19.1 Å². The molecule has 0 atom stereocenters. The van der Waals surface area contributed by atoms with Gasteiger partial charge < -0.3 is 9.64 Å². The van der Waals surface area contributed by atoms with Gasteiger partial charge in [-0.15, -0.1) is 0 Å². The van der Waals surface area contributed by atoms with Crippen molar-refractivity contribution in [1.29, 1.82) is 0 Å². The molecular weight excluding hydrogens is 351 g/mol. The van der Waals surface area contributed by atoms with Gasteiger partial charge in [0, 0.05) is 11.9 Å². The first-order valence-electron chi connectivity index (χ1n) is 6.42. The summed E-state index contributed by atoms with van der Waals surface area (Å²) in [5.74, 6) is 0.0325. The number of nitrogens with zero attached hydrogens (tertiary/aromatic N) is 1. The smallest absolute Gasteiger partial charge is 0.406 e. The minimum Gasteiger partial charge on any atom is -0.493 e. The lowest BCUT2D eigenvalue weighted by atomic mass is 10.2. The van der Waals surface area contributed by atoms with E-state index in [0.29, 0.717) is 11.1 Å². The highest BCUT2D eigenvalue weighted by molar-refractivity contribution is 9.09. The molecule has 21 heavy (non-hydrogen) atoms. The van der Waals surface area contributed by atoms with Gasteiger partial charge in [-0.1, -0.05) is 28.1 Å². The predicted octanol–water partition coefficient (Wildman–Crippen LogP) is 3.55. The molecule has 0 aliphatic heterocycles. The molecule has 0 fully saturated rings. The molecule has 7 heteroatoms. The number of rotatable bonds is 7. The first-order chi connectivity index (χ1) is 9.81. The van der Waals surface area contributed by atoms with E-state index in [1.54, 1.807) is 12.1 Å². The van der Waals surface area contributed by atoms with Gasteiger partial charge in [-0.25, -0.2) is 0 Å². The van der Waals surface area contributed by atoms with Crippen molar-refractivity contribution in [3.63, 3.8) is 0 Å². The second kappa shape index (κ2) is 8.26. The Morgan fingerprint density at radius 1 is 1.38 bits per heavy atom. The molecule has 0 saturated carbocycles. The summed E-state index contributed by atoms with van der Waals surface area (Å²) in [5.41, 5.74) is 1.01. The number of carbonyl (C=O) groups is 1. The molecule has 1 rings (SSSR count). The molecular formula is C14H17BrF3NO2. The van der Waals surface area contributed by atoms with E-state index >= 15 is 0 Å². The van der Waals surface area contributed by atoms with Crippen molar-refractivity contribution < 1.29 is 22.7 Å². The maximum absolute atomic E-state index is 12.4. The van der Waals surface area contributed by atoms with Crippen LogP contribution in [0.15, 0.2) is 24.3 Å². The SMILES string of the molecule is Cc1cccc(OCCC(=O)N(CCBr)CC(F)(F)F)c1. The van der Waals surface area contributed by atoms with E-state index in [4.69, 9.17) is 4.74 Å². The number of hydrogen-bond donors (Lipinski definition) is 0. The highest BCUT2D eigenvalue weighted by Gasteiger charge is 2.32. The lowest BCUT2D eigenvalue weighted by Gasteiger charge is -2.23. The van der Waals surface area contributed by atoms with Crippen LogP contribution in [0, 0.1) is 6.92 Å². The van der Waals surface area contributed by atoms with Crippen molar-refractivity contribution in [2.24, 2.45) is 0 Å². The summed E-state index contributed by atoms with van der Waals surface area (Å²) in [4.78, 5) is 12.6. The van der Waals surface area contributed by atoms with Crippen LogP contribution in [0.4, 0.5) is 13.2 Å². The summed E-state index contributed by atoms with van der Waals surface area (Å²) >= 11 is 3.05. The lowest BCUT2D eigenvalue weighted by molar-refractivity contribution is -0.160. The Hall–Kier alpha value is -1.24. The van der Waals surface area contributed by atoms with Crippen LogP contribution in [-0.2, 0) is 4.79 Å². The molecule has 3 nitrogen and oxygen atoms in total. The monoisotopic (exact) mass is 367 g/mol. The zero-order valence-corrected chi connectivity index (χ0v) is 13.2. The molecule has 0 saturated heterocycles. The van der Waals surface area contributed by atoms with Crippen molar-refractivity contribution >= 4 is 21.8 Å². The number of aryl methyl sites for hydroxylation is 1. The van der Waals surface area contributed by atoms with Gasteiger partial charge in [0.1, 0.15) is 12.3 Å². The number of carbonyl (C=O) groups excluding carboxylic acids is 1. The number of ether oxygens (including phenoxy) is 1. The van der Waals surface area contributed by atoms with Crippen molar-refractivity contribution in [1.82, 2.24) is 4.90 Å². The van der Waals surface area contributed by atoms with Crippen molar-refractivity contribution in [2.45, 2.75) is 19.5 Å². The highest BCUT2D eigenvalue weighted by Crippen LogP contribution is 2.17. The molecule has 1 aromatic carbocycles. The lowest BCUT2D eigenvalue weighted by Crippen LogP contribution is -2.40. The van der Waals surface area contributed by atoms with Crippen molar-refractivity contribution in [2.75, 3.05) is 25.0 Å². The first-order valence-corrected chi connectivity index (χ1v) is 7.54. The molecule has 0 aliphatic rings. The number of amides is 1. The molecule has 0 spiro atoms. The topological polar surface area (TPSA) is 29.5 Å². The standard InChI is InChI=1S/C14H17BrF3NO2/c1-11-3-2-4-12(9-11)21-8-5-13(20)19(7-6-15)10-14(16,17)18/h2-4,9H,5-8,10H2,1H3. The summed E-state index contributed by atoms with van der Waals surface area (Å²) in [6.07, 6.45) is -4.48. The van der Waals surface area contributed by atoms with Gasteiger partial charge in [0.2, 0.25) is 5.91 Å². The Morgan fingerprint density at radius 3 is 2.67 bits per heavy atom. The fourth-order valence-electron chi connectivity index (χ4n) is 1.73. The van der Waals surface area contributed by atoms with Gasteiger partial charge in [-0.05, 0) is 24.6 Å². The van der Waals surface area contributed by atoms with E-state index in [0.717, 1.165) is 10.5 Å². The summed E-state index contributed by atoms with van der Waals surface area (Å²) < 4.78 is 42.5. The summed E-state index contributed by atoms with van der Waals surface area (Å²) in [6, 6.07) is 7.26. The van der Waals surface area contributed by atoms with E-state index in [-0.39, 0.29) is 19.6 Å². The Morgan fingerprint density at radius 2 is 2.10 bits per heavy atom. The van der Waals surface area contributed by atoms with Crippen LogP contribution in [-0.4, -0.2) is 42.0 Å². The Balaban J connectivity index is 2.46. The third kappa shape index (κ3) is 7.36. The highest BCUT2D eigenvalue weighted by atomic mass is 79.9. The first kappa shape index (κ1) is 17.8. The van der Waals surface area contributed by atoms with Gasteiger partial charge >= 0.3 is 6.18 Å². The van der Waals surface area contributed by atoms with E-state index in [9.17, 15) is 18.0 Å². The van der Waals surface area contributed by atoms with Gasteiger partial charge in [-0.3, -0.25) is 4.79 Å². The molecule has 1 aromatic rings. The van der Waals surface area contributed by atoms with E-state index in [1.165, 1.54) is 0 Å². The average molecular weight is 368 g/mol. The Bertz CT molecular complexity index is 466. The van der Waals surface area contributed by atoms with Gasteiger partial charge in [-0.2, -0.15) is 13.2 Å². The third-order valence-corrected chi connectivity index (χ3v) is 3.01. The fourth-order valence-corrected chi connectivity index (χ4v) is 2.16. The molecule has 0 unspecified atom stereocenters. The van der Waals surface area contributed by atoms with Crippen molar-refractivity contribution in [3.8, 4) is 5.75 Å². The summed E-state index contributed by atoms with van der Waals surface area (Å²) in [6.45, 7) is 0.739. The predicted molar refractivity (Wildman–Crippen MR) is 77.7 cm³/mol.